The monoisotopic (exact) mass is 403 g/mol. The van der Waals surface area contributed by atoms with E-state index in [-0.39, 0.29) is 0 Å². The number of hydrogen-bond acceptors (Lipinski definition) is 2. The maximum Gasteiger partial charge on any atom is 0.120 e. The Kier molecular flexibility index (Phi) is 17.0. The van der Waals surface area contributed by atoms with Crippen LogP contribution in [0.25, 0.3) is 0 Å². The second kappa shape index (κ2) is 19.0. The predicted molar refractivity (Wildman–Crippen MR) is 129 cm³/mol. The van der Waals surface area contributed by atoms with E-state index in [0.29, 0.717) is 5.75 Å². The second-order valence-electron chi connectivity index (χ2n) is 8.85. The molecule has 0 bridgehead atoms. The highest BCUT2D eigenvalue weighted by atomic mass is 16.3. The van der Waals surface area contributed by atoms with Crippen molar-refractivity contribution in [2.24, 2.45) is 0 Å². The molecule has 0 atom stereocenters. The molecule has 0 heterocycles. The van der Waals surface area contributed by atoms with Crippen LogP contribution in [0.3, 0.4) is 0 Å². The molecule has 0 aliphatic heterocycles. The number of aromatic hydroxyl groups is 1. The first-order valence-corrected chi connectivity index (χ1v) is 12.8. The average Bonchev–Trinajstić information content (AvgIpc) is 2.73. The lowest BCUT2D eigenvalue weighted by Crippen LogP contribution is -2.25. The number of para-hydroxylation sites is 1. The van der Waals surface area contributed by atoms with Crippen molar-refractivity contribution in [2.45, 2.75) is 123 Å². The van der Waals surface area contributed by atoms with Gasteiger partial charge in [-0.05, 0) is 32.0 Å². The van der Waals surface area contributed by atoms with Crippen LogP contribution in [0.2, 0.25) is 0 Å². The molecule has 0 aliphatic carbocycles. The summed E-state index contributed by atoms with van der Waals surface area (Å²) >= 11 is 0. The number of nitrogens with zero attached hydrogens (tertiary/aromatic N) is 1. The Labute approximate surface area is 182 Å². The first-order valence-electron chi connectivity index (χ1n) is 12.8. The van der Waals surface area contributed by atoms with Gasteiger partial charge in [-0.15, -0.1) is 0 Å². The van der Waals surface area contributed by atoms with Gasteiger partial charge < -0.3 is 5.11 Å². The van der Waals surface area contributed by atoms with Crippen molar-refractivity contribution in [3.63, 3.8) is 0 Å². The number of phenols is 1. The lowest BCUT2D eigenvalue weighted by molar-refractivity contribution is 0.249. The summed E-state index contributed by atoms with van der Waals surface area (Å²) in [7, 11) is 0. The number of phenolic OH excluding ortho intramolecular Hbond substituents is 1. The molecule has 29 heavy (non-hydrogen) atoms. The van der Waals surface area contributed by atoms with Gasteiger partial charge in [0.1, 0.15) is 5.75 Å². The maximum atomic E-state index is 10.2. The predicted octanol–water partition coefficient (Wildman–Crippen LogP) is 8.48. The summed E-state index contributed by atoms with van der Waals surface area (Å²) in [6.45, 7) is 7.79. The van der Waals surface area contributed by atoms with Gasteiger partial charge in [0, 0.05) is 12.1 Å². The highest BCUT2D eigenvalue weighted by Crippen LogP contribution is 2.19. The first-order chi connectivity index (χ1) is 14.3. The number of unbranched alkanes of at least 4 members (excludes halogenated alkanes) is 14. The zero-order valence-electron chi connectivity index (χ0n) is 19.6. The minimum absolute atomic E-state index is 0.448. The van der Waals surface area contributed by atoms with Gasteiger partial charge in [-0.2, -0.15) is 0 Å². The molecule has 0 spiro atoms. The van der Waals surface area contributed by atoms with Gasteiger partial charge >= 0.3 is 0 Å². The van der Waals surface area contributed by atoms with Crippen LogP contribution in [0.1, 0.15) is 122 Å². The molecule has 168 valence electrons. The van der Waals surface area contributed by atoms with E-state index < -0.39 is 0 Å². The summed E-state index contributed by atoms with van der Waals surface area (Å²) in [5.74, 6) is 0.448. The third kappa shape index (κ3) is 14.6. The van der Waals surface area contributed by atoms with Crippen molar-refractivity contribution in [1.82, 2.24) is 4.90 Å². The van der Waals surface area contributed by atoms with Crippen molar-refractivity contribution < 1.29 is 5.11 Å². The molecule has 0 saturated carbocycles. The Morgan fingerprint density at radius 3 is 1.45 bits per heavy atom. The topological polar surface area (TPSA) is 23.5 Å². The van der Waals surface area contributed by atoms with Gasteiger partial charge in [-0.1, -0.05) is 122 Å². The SMILES string of the molecule is CCCCCCCCCCN(CCCCCCCCCC)Cc1ccccc1O. The van der Waals surface area contributed by atoms with Crippen molar-refractivity contribution in [3.8, 4) is 5.75 Å². The highest BCUT2D eigenvalue weighted by Gasteiger charge is 2.09. The summed E-state index contributed by atoms with van der Waals surface area (Å²) in [6, 6.07) is 7.85. The van der Waals surface area contributed by atoms with E-state index >= 15 is 0 Å². The molecule has 1 N–H and O–H groups in total. The maximum absolute atomic E-state index is 10.2. The van der Waals surface area contributed by atoms with E-state index in [1.165, 1.54) is 116 Å². The standard InChI is InChI=1S/C27H49NO/c1-3-5-7-9-11-13-15-19-23-28(25-26-21-17-18-22-27(26)29)24-20-16-14-12-10-8-6-4-2/h17-18,21-22,29H,3-16,19-20,23-25H2,1-2H3. The lowest BCUT2D eigenvalue weighted by Gasteiger charge is -2.23. The summed E-state index contributed by atoms with van der Waals surface area (Å²) < 4.78 is 0. The molecule has 2 nitrogen and oxygen atoms in total. The van der Waals surface area contributed by atoms with Crippen LogP contribution in [0.15, 0.2) is 24.3 Å². The van der Waals surface area contributed by atoms with Gasteiger partial charge in [0.05, 0.1) is 0 Å². The van der Waals surface area contributed by atoms with Gasteiger partial charge in [-0.25, -0.2) is 0 Å². The van der Waals surface area contributed by atoms with E-state index in [4.69, 9.17) is 0 Å². The van der Waals surface area contributed by atoms with Crippen molar-refractivity contribution in [2.75, 3.05) is 13.1 Å². The fraction of sp³-hybridized carbons (Fsp3) is 0.778. The number of benzene rings is 1. The molecular weight excluding hydrogens is 354 g/mol. The Hall–Kier alpha value is -1.02. The fourth-order valence-corrected chi connectivity index (χ4v) is 4.09. The Balaban J connectivity index is 2.25. The largest absolute Gasteiger partial charge is 0.508 e. The van der Waals surface area contributed by atoms with E-state index in [1.54, 1.807) is 0 Å². The van der Waals surface area contributed by atoms with Crippen LogP contribution >= 0.6 is 0 Å². The van der Waals surface area contributed by atoms with Crippen LogP contribution in [-0.2, 0) is 6.54 Å². The van der Waals surface area contributed by atoms with E-state index in [0.717, 1.165) is 12.1 Å². The number of hydrogen-bond donors (Lipinski definition) is 1. The van der Waals surface area contributed by atoms with Crippen molar-refractivity contribution in [1.29, 1.82) is 0 Å². The Morgan fingerprint density at radius 1 is 0.586 bits per heavy atom. The summed E-state index contributed by atoms with van der Waals surface area (Å²) in [5, 5.41) is 10.2. The van der Waals surface area contributed by atoms with E-state index in [9.17, 15) is 5.11 Å². The first kappa shape index (κ1) is 26.0. The fourth-order valence-electron chi connectivity index (χ4n) is 4.09. The molecule has 0 amide bonds. The van der Waals surface area contributed by atoms with Crippen LogP contribution < -0.4 is 0 Å². The summed E-state index contributed by atoms with van der Waals surface area (Å²) in [4.78, 5) is 2.57. The zero-order valence-corrected chi connectivity index (χ0v) is 19.6. The third-order valence-corrected chi connectivity index (χ3v) is 6.04. The van der Waals surface area contributed by atoms with Gasteiger partial charge in [0.2, 0.25) is 0 Å². The van der Waals surface area contributed by atoms with Crippen molar-refractivity contribution >= 4 is 0 Å². The summed E-state index contributed by atoms with van der Waals surface area (Å²) in [6.07, 6.45) is 21.9. The molecule has 0 aromatic heterocycles. The Morgan fingerprint density at radius 2 is 1.00 bits per heavy atom. The molecule has 0 radical (unpaired) electrons. The molecule has 0 fully saturated rings. The van der Waals surface area contributed by atoms with E-state index in [1.807, 2.05) is 18.2 Å². The Bertz CT molecular complexity index is 453. The molecule has 0 unspecified atom stereocenters. The minimum Gasteiger partial charge on any atom is -0.508 e. The van der Waals surface area contributed by atoms with E-state index in [2.05, 4.69) is 24.8 Å². The number of rotatable bonds is 20. The van der Waals surface area contributed by atoms with Crippen molar-refractivity contribution in [3.05, 3.63) is 29.8 Å². The molecule has 1 rings (SSSR count). The molecule has 0 aliphatic rings. The molecule has 1 aromatic rings. The van der Waals surface area contributed by atoms with Crippen LogP contribution in [0, 0.1) is 0 Å². The molecule has 2 heteroatoms. The summed E-state index contributed by atoms with van der Waals surface area (Å²) in [5.41, 5.74) is 1.08. The van der Waals surface area contributed by atoms with Gasteiger partial charge in [0.15, 0.2) is 0 Å². The van der Waals surface area contributed by atoms with Crippen LogP contribution in [0.4, 0.5) is 0 Å². The normalized spacial score (nSPS) is 11.4. The average molecular weight is 404 g/mol. The van der Waals surface area contributed by atoms with Gasteiger partial charge in [0.25, 0.3) is 0 Å². The minimum atomic E-state index is 0.448. The smallest absolute Gasteiger partial charge is 0.120 e. The van der Waals surface area contributed by atoms with Crippen LogP contribution in [-0.4, -0.2) is 23.1 Å². The lowest BCUT2D eigenvalue weighted by atomic mass is 10.1. The molecular formula is C27H49NO. The second-order valence-corrected chi connectivity index (χ2v) is 8.85. The zero-order chi connectivity index (χ0) is 21.0. The van der Waals surface area contributed by atoms with Gasteiger partial charge in [-0.3, -0.25) is 4.90 Å². The van der Waals surface area contributed by atoms with Crippen LogP contribution in [0.5, 0.6) is 5.75 Å². The highest BCUT2D eigenvalue weighted by molar-refractivity contribution is 5.31. The molecule has 0 saturated heterocycles. The quantitative estimate of drug-likeness (QED) is 0.221. The third-order valence-electron chi connectivity index (χ3n) is 6.04. The molecule has 1 aromatic carbocycles.